The number of rotatable bonds is 52. The predicted octanol–water partition coefficient (Wildman–Crippen LogP) is 17.2. The third-order valence-electron chi connectivity index (χ3n) is 12.9. The highest BCUT2D eigenvalue weighted by molar-refractivity contribution is 5.76. The molecule has 0 saturated carbocycles. The Hall–Kier alpha value is -1.92. The predicted molar refractivity (Wildman–Crippen MR) is 278 cm³/mol. The van der Waals surface area contributed by atoms with Gasteiger partial charge in [-0.3, -0.25) is 9.59 Å². The first kappa shape index (κ1) is 62.1. The molecule has 3 N–H and O–H groups in total. The molecule has 0 aromatic carbocycles. The Kier molecular flexibility index (Phi) is 52.1. The molecule has 0 aliphatic carbocycles. The Morgan fingerprint density at radius 3 is 1.22 bits per heavy atom. The number of carbonyl (C=O) groups is 2. The molecule has 0 rings (SSSR count). The summed E-state index contributed by atoms with van der Waals surface area (Å²) in [5.74, 6) is -0.0902. The second kappa shape index (κ2) is 53.7. The maximum Gasteiger partial charge on any atom is 0.305 e. The summed E-state index contributed by atoms with van der Waals surface area (Å²) >= 11 is 0. The number of carbonyl (C=O) groups excluding carboxylic acids is 2. The second-order valence-corrected chi connectivity index (χ2v) is 19.3. The van der Waals surface area contributed by atoms with Gasteiger partial charge in [-0.15, -0.1) is 0 Å². The molecule has 6 heteroatoms. The quantitative estimate of drug-likeness (QED) is 0.0321. The summed E-state index contributed by atoms with van der Waals surface area (Å²) < 4.78 is 5.46. The lowest BCUT2D eigenvalue weighted by Gasteiger charge is -2.22. The molecule has 0 aliphatic rings. The van der Waals surface area contributed by atoms with Gasteiger partial charge in [0.1, 0.15) is 0 Å². The van der Waals surface area contributed by atoms with E-state index in [1.165, 1.54) is 180 Å². The Bertz CT molecular complexity index is 1040. The number of nitrogens with one attached hydrogen (secondary N) is 1. The van der Waals surface area contributed by atoms with Crippen LogP contribution in [-0.4, -0.2) is 47.4 Å². The third-order valence-corrected chi connectivity index (χ3v) is 12.9. The van der Waals surface area contributed by atoms with Gasteiger partial charge in [0, 0.05) is 12.8 Å². The molecule has 2 unspecified atom stereocenters. The van der Waals surface area contributed by atoms with Gasteiger partial charge < -0.3 is 20.3 Å². The van der Waals surface area contributed by atoms with Crippen LogP contribution < -0.4 is 5.32 Å². The first-order valence-electron chi connectivity index (χ1n) is 28.2. The highest BCUT2D eigenvalue weighted by Crippen LogP contribution is 2.16. The molecule has 1 amide bonds. The van der Waals surface area contributed by atoms with Crippen molar-refractivity contribution in [3.05, 3.63) is 36.5 Å². The smallest absolute Gasteiger partial charge is 0.305 e. The van der Waals surface area contributed by atoms with Crippen LogP contribution in [0.5, 0.6) is 0 Å². The molecule has 0 saturated heterocycles. The highest BCUT2D eigenvalue weighted by Gasteiger charge is 2.20. The monoisotopic (exact) mass is 900 g/mol. The molecule has 6 nitrogen and oxygen atoms in total. The molecule has 376 valence electrons. The molecular weight excluding hydrogens is 791 g/mol. The van der Waals surface area contributed by atoms with E-state index in [1.54, 1.807) is 0 Å². The number of amides is 1. The topological polar surface area (TPSA) is 95.9 Å². The summed E-state index contributed by atoms with van der Waals surface area (Å²) in [6, 6.07) is -0.561. The number of esters is 1. The van der Waals surface area contributed by atoms with Gasteiger partial charge in [-0.05, 0) is 89.9 Å². The van der Waals surface area contributed by atoms with Gasteiger partial charge in [0.05, 0.1) is 25.4 Å². The summed E-state index contributed by atoms with van der Waals surface area (Å²) in [7, 11) is 0. The summed E-state index contributed by atoms with van der Waals surface area (Å²) in [5.41, 5.74) is 0. The van der Waals surface area contributed by atoms with Crippen molar-refractivity contribution in [2.45, 2.75) is 309 Å². The van der Waals surface area contributed by atoms with Crippen molar-refractivity contribution in [1.29, 1.82) is 0 Å². The minimum absolute atomic E-state index is 0.0300. The van der Waals surface area contributed by atoms with Gasteiger partial charge in [-0.25, -0.2) is 0 Å². The van der Waals surface area contributed by atoms with Crippen LogP contribution in [0.25, 0.3) is 0 Å². The van der Waals surface area contributed by atoms with Crippen molar-refractivity contribution in [3.63, 3.8) is 0 Å². The molecular formula is C58H109NO5. The lowest BCUT2D eigenvalue weighted by atomic mass is 10.0. The molecule has 0 aliphatic heterocycles. The van der Waals surface area contributed by atoms with E-state index in [0.717, 1.165) is 83.5 Å². The van der Waals surface area contributed by atoms with Gasteiger partial charge in [-0.1, -0.05) is 230 Å². The van der Waals surface area contributed by atoms with Crippen LogP contribution >= 0.6 is 0 Å². The van der Waals surface area contributed by atoms with Gasteiger partial charge in [-0.2, -0.15) is 0 Å². The summed E-state index contributed by atoms with van der Waals surface area (Å²) in [5, 5.41) is 23.3. The normalized spacial score (nSPS) is 12.9. The van der Waals surface area contributed by atoms with E-state index in [-0.39, 0.29) is 18.5 Å². The molecule has 0 bridgehead atoms. The molecule has 2 atom stereocenters. The average molecular weight is 901 g/mol. The lowest BCUT2D eigenvalue weighted by molar-refractivity contribution is -0.143. The van der Waals surface area contributed by atoms with E-state index in [2.05, 4.69) is 55.6 Å². The SMILES string of the molecule is CCCCCC/C=C\C/C=C\CCCCCCCCCC(=O)OCCCCC/C=C\CCCCCCCC(=O)NC(CO)C(O)CCCCCCCCCCCCCCCCCCC. The van der Waals surface area contributed by atoms with Crippen LogP contribution in [0.1, 0.15) is 296 Å². The number of ether oxygens (including phenoxy) is 1. The molecule has 0 heterocycles. The van der Waals surface area contributed by atoms with Crippen LogP contribution in [0.3, 0.4) is 0 Å². The van der Waals surface area contributed by atoms with Crippen molar-refractivity contribution in [2.24, 2.45) is 0 Å². The van der Waals surface area contributed by atoms with Crippen molar-refractivity contribution in [3.8, 4) is 0 Å². The molecule has 0 spiro atoms. The summed E-state index contributed by atoms with van der Waals surface area (Å²) in [6.45, 7) is 4.88. The average Bonchev–Trinajstić information content (AvgIpc) is 3.29. The number of aliphatic hydroxyl groups excluding tert-OH is 2. The van der Waals surface area contributed by atoms with E-state index < -0.39 is 12.1 Å². The van der Waals surface area contributed by atoms with Crippen LogP contribution in [0.4, 0.5) is 0 Å². The van der Waals surface area contributed by atoms with E-state index in [9.17, 15) is 19.8 Å². The number of aliphatic hydroxyl groups is 2. The Morgan fingerprint density at radius 2 is 0.781 bits per heavy atom. The number of hydrogen-bond donors (Lipinski definition) is 3. The van der Waals surface area contributed by atoms with Gasteiger partial charge in [0.15, 0.2) is 0 Å². The molecule has 0 aromatic heterocycles. The minimum Gasteiger partial charge on any atom is -0.466 e. The van der Waals surface area contributed by atoms with E-state index in [0.29, 0.717) is 25.9 Å². The highest BCUT2D eigenvalue weighted by atomic mass is 16.5. The molecule has 64 heavy (non-hydrogen) atoms. The molecule has 0 aromatic rings. The molecule has 0 radical (unpaired) electrons. The van der Waals surface area contributed by atoms with E-state index in [4.69, 9.17) is 4.74 Å². The number of hydrogen-bond acceptors (Lipinski definition) is 5. The Labute approximate surface area is 398 Å². The first-order chi connectivity index (χ1) is 31.5. The summed E-state index contributed by atoms with van der Waals surface area (Å²) in [4.78, 5) is 24.5. The first-order valence-corrected chi connectivity index (χ1v) is 28.2. The van der Waals surface area contributed by atoms with E-state index >= 15 is 0 Å². The Morgan fingerprint density at radius 1 is 0.438 bits per heavy atom. The van der Waals surface area contributed by atoms with Crippen LogP contribution in [0, 0.1) is 0 Å². The van der Waals surface area contributed by atoms with Gasteiger partial charge in [0.25, 0.3) is 0 Å². The number of unbranched alkanes of at least 4 members (excludes halogenated alkanes) is 35. The van der Waals surface area contributed by atoms with Crippen LogP contribution in [0.15, 0.2) is 36.5 Å². The fourth-order valence-electron chi connectivity index (χ4n) is 8.55. The fraction of sp³-hybridized carbons (Fsp3) is 0.862. The van der Waals surface area contributed by atoms with E-state index in [1.807, 2.05) is 0 Å². The van der Waals surface area contributed by atoms with Crippen LogP contribution in [0.2, 0.25) is 0 Å². The van der Waals surface area contributed by atoms with Crippen LogP contribution in [-0.2, 0) is 14.3 Å². The fourth-order valence-corrected chi connectivity index (χ4v) is 8.55. The maximum absolute atomic E-state index is 12.5. The zero-order valence-corrected chi connectivity index (χ0v) is 42.8. The van der Waals surface area contributed by atoms with Gasteiger partial charge >= 0.3 is 5.97 Å². The standard InChI is InChI=1S/C58H109NO5/c1-3-5-7-9-11-13-15-17-19-21-23-25-27-32-36-40-44-48-52-58(63)64-53-49-45-41-37-33-29-28-31-35-39-43-47-51-57(62)59-55(54-60)56(61)50-46-42-38-34-30-26-24-22-20-18-16-14-12-10-8-6-4-2/h13,15,19,21,29,33,55-56,60-61H,3-12,14,16-18,20,22-28,30-32,34-54H2,1-2H3,(H,59,62)/b15-13-,21-19-,33-29-. The summed E-state index contributed by atoms with van der Waals surface area (Å²) in [6.07, 6.45) is 65.5. The van der Waals surface area contributed by atoms with Gasteiger partial charge in [0.2, 0.25) is 5.91 Å². The van der Waals surface area contributed by atoms with Crippen molar-refractivity contribution < 1.29 is 24.5 Å². The molecule has 0 fully saturated rings. The maximum atomic E-state index is 12.5. The zero-order chi connectivity index (χ0) is 46.5. The third kappa shape index (κ3) is 49.5. The largest absolute Gasteiger partial charge is 0.466 e. The lowest BCUT2D eigenvalue weighted by Crippen LogP contribution is -2.45. The zero-order valence-electron chi connectivity index (χ0n) is 42.8. The second-order valence-electron chi connectivity index (χ2n) is 19.3. The van der Waals surface area contributed by atoms with Crippen molar-refractivity contribution >= 4 is 11.9 Å². The van der Waals surface area contributed by atoms with Crippen molar-refractivity contribution in [1.82, 2.24) is 5.32 Å². The Balaban J connectivity index is 3.50. The minimum atomic E-state index is -0.682. The van der Waals surface area contributed by atoms with Crippen molar-refractivity contribution in [2.75, 3.05) is 13.2 Å². The number of allylic oxidation sites excluding steroid dienone is 6.